The Morgan fingerprint density at radius 3 is 2.15 bits per heavy atom. The first kappa shape index (κ1) is 21.5. The van der Waals surface area contributed by atoms with Crippen molar-refractivity contribution in [1.82, 2.24) is 10.2 Å². The average Bonchev–Trinajstić information content (AvgIpc) is 2.43. The lowest BCUT2D eigenvalue weighted by Gasteiger charge is -2.29. The minimum absolute atomic E-state index is 0.211. The molecule has 26 heavy (non-hydrogen) atoms. The van der Waals surface area contributed by atoms with Gasteiger partial charge in [-0.3, -0.25) is 14.5 Å². The van der Waals surface area contributed by atoms with Crippen molar-refractivity contribution < 1.29 is 24.2 Å². The van der Waals surface area contributed by atoms with Crippen LogP contribution in [0.1, 0.15) is 46.6 Å². The topological polar surface area (TPSA) is 95.9 Å². The summed E-state index contributed by atoms with van der Waals surface area (Å²) in [5.41, 5.74) is -0.753. The fourth-order valence-corrected chi connectivity index (χ4v) is 2.33. The highest BCUT2D eigenvalue weighted by atomic mass is 16.6. The second kappa shape index (κ2) is 8.69. The predicted molar refractivity (Wildman–Crippen MR) is 97.6 cm³/mol. The number of hydrogen-bond donors (Lipinski definition) is 2. The molecule has 0 radical (unpaired) electrons. The largest absolute Gasteiger partial charge is 0.481 e. The van der Waals surface area contributed by atoms with E-state index in [1.54, 1.807) is 34.6 Å². The van der Waals surface area contributed by atoms with Crippen LogP contribution < -0.4 is 5.32 Å². The van der Waals surface area contributed by atoms with Crippen LogP contribution in [0.15, 0.2) is 30.3 Å². The third-order valence-corrected chi connectivity index (χ3v) is 3.27. The molecule has 7 heteroatoms. The van der Waals surface area contributed by atoms with Crippen molar-refractivity contribution in [3.8, 4) is 0 Å². The van der Waals surface area contributed by atoms with Gasteiger partial charge < -0.3 is 15.2 Å². The lowest BCUT2D eigenvalue weighted by molar-refractivity contribution is -0.138. The average molecular weight is 364 g/mol. The highest BCUT2D eigenvalue weighted by Crippen LogP contribution is 2.13. The van der Waals surface area contributed by atoms with Crippen molar-refractivity contribution in [3.05, 3.63) is 35.9 Å². The van der Waals surface area contributed by atoms with Crippen LogP contribution in [0.2, 0.25) is 0 Å². The van der Waals surface area contributed by atoms with Crippen molar-refractivity contribution in [2.75, 3.05) is 6.54 Å². The molecule has 2 N–H and O–H groups in total. The van der Waals surface area contributed by atoms with Crippen molar-refractivity contribution in [3.63, 3.8) is 0 Å². The molecule has 0 unspecified atom stereocenters. The standard InChI is InChI=1S/C19H28N2O5/c1-18(2,3)26-17(25)21(12-14-9-7-6-8-10-14)13-15(22)20-19(4,5)11-16(23)24/h6-10H,11-13H2,1-5H3,(H,20,22)(H,23,24). The number of nitrogens with one attached hydrogen (secondary N) is 1. The number of carboxylic acids is 1. The second-order valence-corrected chi connectivity index (χ2v) is 7.82. The summed E-state index contributed by atoms with van der Waals surface area (Å²) in [6, 6.07) is 9.26. The molecular weight excluding hydrogens is 336 g/mol. The lowest BCUT2D eigenvalue weighted by Crippen LogP contribution is -2.50. The number of carbonyl (C=O) groups excluding carboxylic acids is 2. The van der Waals surface area contributed by atoms with Gasteiger partial charge in [-0.1, -0.05) is 30.3 Å². The summed E-state index contributed by atoms with van der Waals surface area (Å²) < 4.78 is 5.38. The van der Waals surface area contributed by atoms with E-state index in [4.69, 9.17) is 9.84 Å². The Bertz CT molecular complexity index is 635. The summed E-state index contributed by atoms with van der Waals surface area (Å²) in [7, 11) is 0. The summed E-state index contributed by atoms with van der Waals surface area (Å²) >= 11 is 0. The number of hydrogen-bond acceptors (Lipinski definition) is 4. The van der Waals surface area contributed by atoms with E-state index in [2.05, 4.69) is 5.32 Å². The van der Waals surface area contributed by atoms with Gasteiger partial charge in [0.25, 0.3) is 0 Å². The van der Waals surface area contributed by atoms with Gasteiger partial charge in [-0.25, -0.2) is 4.79 Å². The first-order chi connectivity index (χ1) is 11.9. The molecule has 0 saturated carbocycles. The first-order valence-electron chi connectivity index (χ1n) is 8.43. The molecule has 0 aliphatic carbocycles. The van der Waals surface area contributed by atoms with Crippen LogP contribution in [-0.4, -0.2) is 45.7 Å². The number of ether oxygens (including phenoxy) is 1. The lowest BCUT2D eigenvalue weighted by atomic mass is 10.0. The quantitative estimate of drug-likeness (QED) is 0.775. The SMILES string of the molecule is CC(C)(CC(=O)O)NC(=O)CN(Cc1ccccc1)C(=O)OC(C)(C)C. The van der Waals surface area contributed by atoms with Gasteiger partial charge in [-0.15, -0.1) is 0 Å². The molecule has 0 aromatic heterocycles. The van der Waals surface area contributed by atoms with Crippen LogP contribution >= 0.6 is 0 Å². The van der Waals surface area contributed by atoms with Gasteiger partial charge in [0, 0.05) is 12.1 Å². The number of benzene rings is 1. The van der Waals surface area contributed by atoms with E-state index in [0.717, 1.165) is 5.56 Å². The molecule has 0 aliphatic heterocycles. The monoisotopic (exact) mass is 364 g/mol. The summed E-state index contributed by atoms with van der Waals surface area (Å²) in [5, 5.41) is 11.6. The maximum atomic E-state index is 12.5. The molecule has 0 heterocycles. The van der Waals surface area contributed by atoms with E-state index in [0.29, 0.717) is 0 Å². The summed E-state index contributed by atoms with van der Waals surface area (Å²) in [5.74, 6) is -1.46. The Balaban J connectivity index is 2.85. The van der Waals surface area contributed by atoms with Gasteiger partial charge in [-0.05, 0) is 40.2 Å². The van der Waals surface area contributed by atoms with Gasteiger partial charge in [0.15, 0.2) is 0 Å². The Labute approximate surface area is 154 Å². The Morgan fingerprint density at radius 1 is 1.08 bits per heavy atom. The molecule has 0 fully saturated rings. The molecule has 144 valence electrons. The Kier molecular flexibility index (Phi) is 7.18. The fraction of sp³-hybridized carbons (Fsp3) is 0.526. The van der Waals surface area contributed by atoms with Gasteiger partial charge in [0.1, 0.15) is 12.1 Å². The number of nitrogens with zero attached hydrogens (tertiary/aromatic N) is 1. The number of carboxylic acid groups (broad SMARTS) is 1. The van der Waals surface area contributed by atoms with Crippen LogP contribution in [0.4, 0.5) is 4.79 Å². The zero-order chi connectivity index (χ0) is 20.0. The van der Waals surface area contributed by atoms with Gasteiger partial charge >= 0.3 is 12.1 Å². The van der Waals surface area contributed by atoms with Gasteiger partial charge in [-0.2, -0.15) is 0 Å². The maximum absolute atomic E-state index is 12.5. The van der Waals surface area contributed by atoms with Crippen LogP contribution in [0.25, 0.3) is 0 Å². The Hall–Kier alpha value is -2.57. The Morgan fingerprint density at radius 2 is 1.65 bits per heavy atom. The summed E-state index contributed by atoms with van der Waals surface area (Å²) in [6.45, 7) is 8.47. The molecule has 2 amide bonds. The smallest absolute Gasteiger partial charge is 0.411 e. The summed E-state index contributed by atoms with van der Waals surface area (Å²) in [6.07, 6.45) is -0.823. The second-order valence-electron chi connectivity index (χ2n) is 7.82. The van der Waals surface area contributed by atoms with Gasteiger partial charge in [0.05, 0.1) is 6.42 Å². The van der Waals surface area contributed by atoms with Gasteiger partial charge in [0.2, 0.25) is 5.91 Å². The van der Waals surface area contributed by atoms with Crippen LogP contribution in [0.5, 0.6) is 0 Å². The number of amides is 2. The molecule has 0 atom stereocenters. The maximum Gasteiger partial charge on any atom is 0.411 e. The normalized spacial score (nSPS) is 11.6. The summed E-state index contributed by atoms with van der Waals surface area (Å²) in [4.78, 5) is 37.0. The van der Waals surface area contributed by atoms with Crippen molar-refractivity contribution >= 4 is 18.0 Å². The van der Waals surface area contributed by atoms with E-state index in [9.17, 15) is 14.4 Å². The van der Waals surface area contributed by atoms with Crippen molar-refractivity contribution in [2.24, 2.45) is 0 Å². The third kappa shape index (κ3) is 8.50. The van der Waals surface area contributed by atoms with Crippen LogP contribution in [-0.2, 0) is 20.9 Å². The molecular formula is C19H28N2O5. The van der Waals surface area contributed by atoms with E-state index in [-0.39, 0.29) is 19.5 Å². The molecule has 1 aromatic carbocycles. The van der Waals surface area contributed by atoms with Crippen LogP contribution in [0, 0.1) is 0 Å². The predicted octanol–water partition coefficient (Wildman–Crippen LogP) is 2.79. The fourth-order valence-electron chi connectivity index (χ4n) is 2.33. The highest BCUT2D eigenvalue weighted by molar-refractivity contribution is 5.83. The number of carbonyl (C=O) groups is 3. The van der Waals surface area contributed by atoms with Crippen molar-refractivity contribution in [1.29, 1.82) is 0 Å². The molecule has 1 rings (SSSR count). The molecule has 7 nitrogen and oxygen atoms in total. The molecule has 0 bridgehead atoms. The van der Waals surface area contributed by atoms with E-state index in [1.165, 1.54) is 4.90 Å². The van der Waals surface area contributed by atoms with Crippen LogP contribution in [0.3, 0.4) is 0 Å². The highest BCUT2D eigenvalue weighted by Gasteiger charge is 2.28. The van der Waals surface area contributed by atoms with E-state index < -0.39 is 29.1 Å². The minimum atomic E-state index is -1.01. The molecule has 0 aliphatic rings. The van der Waals surface area contributed by atoms with E-state index >= 15 is 0 Å². The number of aliphatic carboxylic acids is 1. The zero-order valence-electron chi connectivity index (χ0n) is 16.0. The molecule has 0 saturated heterocycles. The van der Waals surface area contributed by atoms with E-state index in [1.807, 2.05) is 30.3 Å². The minimum Gasteiger partial charge on any atom is -0.481 e. The molecule has 0 spiro atoms. The number of rotatable bonds is 7. The third-order valence-electron chi connectivity index (χ3n) is 3.27. The zero-order valence-corrected chi connectivity index (χ0v) is 16.0. The van der Waals surface area contributed by atoms with Crippen molar-refractivity contribution in [2.45, 2.75) is 58.7 Å². The molecule has 1 aromatic rings. The first-order valence-corrected chi connectivity index (χ1v) is 8.43.